The van der Waals surface area contributed by atoms with Crippen molar-refractivity contribution in [2.45, 2.75) is 19.0 Å². The summed E-state index contributed by atoms with van der Waals surface area (Å²) >= 11 is 0. The van der Waals surface area contributed by atoms with E-state index in [1.54, 1.807) is 18.2 Å². The molecule has 3 amide bonds. The van der Waals surface area contributed by atoms with Crippen molar-refractivity contribution in [3.05, 3.63) is 89.5 Å². The predicted molar refractivity (Wildman–Crippen MR) is 116 cm³/mol. The highest BCUT2D eigenvalue weighted by molar-refractivity contribution is 6.23. The fourth-order valence-electron chi connectivity index (χ4n) is 4.07. The maximum absolute atomic E-state index is 13.8. The Balaban J connectivity index is 1.50. The fraction of sp³-hybridized carbons (Fsp3) is 0.160. The zero-order valence-electron chi connectivity index (χ0n) is 17.7. The van der Waals surface area contributed by atoms with E-state index in [9.17, 15) is 23.2 Å². The van der Waals surface area contributed by atoms with Gasteiger partial charge in [0.25, 0.3) is 11.8 Å². The number of carbonyl (C=O) groups excluding carboxylic acids is 3. The van der Waals surface area contributed by atoms with Gasteiger partial charge in [-0.1, -0.05) is 12.1 Å². The molecule has 172 valence electrons. The molecule has 0 bridgehead atoms. The van der Waals surface area contributed by atoms with E-state index in [-0.39, 0.29) is 31.0 Å². The standard InChI is InChI=1S/C25H18F2N2O5/c26-17-5-7-19(8-6-17)29-23(30)12-20(25(29)32)28(24(31)16-2-1-3-18(27)11-16)13-15-4-9-21-22(10-15)34-14-33-21/h1-11,20H,12-14H2/t20-/m0/s1. The third kappa shape index (κ3) is 3.96. The Hall–Kier alpha value is -4.27. The van der Waals surface area contributed by atoms with Gasteiger partial charge in [0.15, 0.2) is 11.5 Å². The van der Waals surface area contributed by atoms with Crippen molar-refractivity contribution in [2.24, 2.45) is 0 Å². The molecular formula is C25H18F2N2O5. The van der Waals surface area contributed by atoms with Gasteiger partial charge in [-0.25, -0.2) is 13.7 Å². The molecule has 0 saturated carbocycles. The number of hydrogen-bond acceptors (Lipinski definition) is 5. The Bertz CT molecular complexity index is 1290. The first-order chi connectivity index (χ1) is 16.4. The number of benzene rings is 3. The van der Waals surface area contributed by atoms with Gasteiger partial charge in [0.1, 0.15) is 17.7 Å². The van der Waals surface area contributed by atoms with Gasteiger partial charge in [-0.2, -0.15) is 0 Å². The van der Waals surface area contributed by atoms with Gasteiger partial charge >= 0.3 is 0 Å². The maximum Gasteiger partial charge on any atom is 0.257 e. The summed E-state index contributed by atoms with van der Waals surface area (Å²) < 4.78 is 37.9. The molecule has 2 aliphatic heterocycles. The number of fused-ring (bicyclic) bond motifs is 1. The summed E-state index contributed by atoms with van der Waals surface area (Å²) in [5, 5.41) is 0. The minimum absolute atomic E-state index is 0.0348. The highest BCUT2D eigenvalue weighted by Crippen LogP contribution is 2.34. The van der Waals surface area contributed by atoms with Crippen LogP contribution in [0, 0.1) is 11.6 Å². The van der Waals surface area contributed by atoms with Crippen LogP contribution in [0.1, 0.15) is 22.3 Å². The maximum atomic E-state index is 13.8. The summed E-state index contributed by atoms with van der Waals surface area (Å²) in [5.74, 6) is -1.81. The van der Waals surface area contributed by atoms with Crippen LogP contribution < -0.4 is 14.4 Å². The van der Waals surface area contributed by atoms with Crippen LogP contribution in [0.25, 0.3) is 0 Å². The zero-order valence-corrected chi connectivity index (χ0v) is 17.7. The molecule has 0 unspecified atom stereocenters. The monoisotopic (exact) mass is 464 g/mol. The van der Waals surface area contributed by atoms with E-state index in [1.165, 1.54) is 35.2 Å². The van der Waals surface area contributed by atoms with Gasteiger partial charge in [-0.15, -0.1) is 0 Å². The molecule has 0 aromatic heterocycles. The number of rotatable bonds is 5. The SMILES string of the molecule is O=C1C[C@H](N(Cc2ccc3c(c2)OCO3)C(=O)c2cccc(F)c2)C(=O)N1c1ccc(F)cc1. The molecular weight excluding hydrogens is 446 g/mol. The van der Waals surface area contributed by atoms with E-state index in [4.69, 9.17) is 9.47 Å². The summed E-state index contributed by atoms with van der Waals surface area (Å²) in [6.45, 7) is 0.0416. The smallest absolute Gasteiger partial charge is 0.257 e. The number of ether oxygens (including phenoxy) is 2. The molecule has 1 saturated heterocycles. The third-order valence-corrected chi connectivity index (χ3v) is 5.71. The van der Waals surface area contributed by atoms with Crippen LogP contribution in [-0.2, 0) is 16.1 Å². The molecule has 0 radical (unpaired) electrons. The van der Waals surface area contributed by atoms with Gasteiger partial charge in [0.2, 0.25) is 12.7 Å². The molecule has 2 aliphatic rings. The van der Waals surface area contributed by atoms with Crippen molar-refractivity contribution in [1.29, 1.82) is 0 Å². The molecule has 5 rings (SSSR count). The molecule has 3 aromatic carbocycles. The molecule has 1 atom stereocenters. The van der Waals surface area contributed by atoms with Crippen molar-refractivity contribution in [3.63, 3.8) is 0 Å². The second-order valence-electron chi connectivity index (χ2n) is 7.89. The van der Waals surface area contributed by atoms with Crippen molar-refractivity contribution in [1.82, 2.24) is 4.90 Å². The van der Waals surface area contributed by atoms with Crippen molar-refractivity contribution < 1.29 is 32.6 Å². The summed E-state index contributed by atoms with van der Waals surface area (Å²) in [6, 6.07) is 14.0. The number of imide groups is 1. The first kappa shape index (κ1) is 21.6. The first-order valence-electron chi connectivity index (χ1n) is 10.5. The number of halogens is 2. The lowest BCUT2D eigenvalue weighted by Crippen LogP contribution is -2.45. The van der Waals surface area contributed by atoms with Crippen LogP contribution in [0.5, 0.6) is 11.5 Å². The van der Waals surface area contributed by atoms with Crippen LogP contribution in [0.2, 0.25) is 0 Å². The van der Waals surface area contributed by atoms with Crippen LogP contribution in [0.15, 0.2) is 66.7 Å². The Morgan fingerprint density at radius 1 is 0.941 bits per heavy atom. The molecule has 2 heterocycles. The Kier molecular flexibility index (Phi) is 5.45. The normalized spacial score (nSPS) is 16.8. The fourth-order valence-corrected chi connectivity index (χ4v) is 4.07. The Labute approximate surface area is 193 Å². The minimum Gasteiger partial charge on any atom is -0.454 e. The van der Waals surface area contributed by atoms with Gasteiger partial charge in [0, 0.05) is 12.1 Å². The molecule has 0 N–H and O–H groups in total. The van der Waals surface area contributed by atoms with Crippen molar-refractivity contribution in [2.75, 3.05) is 11.7 Å². The van der Waals surface area contributed by atoms with Crippen molar-refractivity contribution in [3.8, 4) is 11.5 Å². The largest absolute Gasteiger partial charge is 0.454 e. The van der Waals surface area contributed by atoms with Crippen LogP contribution in [0.4, 0.5) is 14.5 Å². The van der Waals surface area contributed by atoms with Gasteiger partial charge < -0.3 is 14.4 Å². The first-order valence-corrected chi connectivity index (χ1v) is 10.5. The van der Waals surface area contributed by atoms with Crippen LogP contribution in [-0.4, -0.2) is 35.5 Å². The lowest BCUT2D eigenvalue weighted by atomic mass is 10.1. The van der Waals surface area contributed by atoms with E-state index in [2.05, 4.69) is 0 Å². The average Bonchev–Trinajstić information content (AvgIpc) is 3.41. The van der Waals surface area contributed by atoms with E-state index >= 15 is 0 Å². The highest BCUT2D eigenvalue weighted by atomic mass is 19.1. The summed E-state index contributed by atoms with van der Waals surface area (Å²) in [5.41, 5.74) is 0.885. The lowest BCUT2D eigenvalue weighted by molar-refractivity contribution is -0.122. The number of anilines is 1. The number of carbonyl (C=O) groups is 3. The number of hydrogen-bond donors (Lipinski definition) is 0. The zero-order chi connectivity index (χ0) is 23.8. The lowest BCUT2D eigenvalue weighted by Gasteiger charge is -2.28. The molecule has 1 fully saturated rings. The average molecular weight is 464 g/mol. The van der Waals surface area contributed by atoms with Gasteiger partial charge in [-0.05, 0) is 60.2 Å². The second-order valence-corrected chi connectivity index (χ2v) is 7.89. The Morgan fingerprint density at radius 3 is 2.47 bits per heavy atom. The van der Waals surface area contributed by atoms with E-state index in [0.29, 0.717) is 17.1 Å². The number of amides is 3. The topological polar surface area (TPSA) is 76.1 Å². The predicted octanol–water partition coefficient (Wildman–Crippen LogP) is 3.67. The molecule has 34 heavy (non-hydrogen) atoms. The summed E-state index contributed by atoms with van der Waals surface area (Å²) in [6.07, 6.45) is -0.262. The number of nitrogens with zero attached hydrogens (tertiary/aromatic N) is 2. The molecule has 0 spiro atoms. The minimum atomic E-state index is -1.13. The van der Waals surface area contributed by atoms with Gasteiger partial charge in [0.05, 0.1) is 12.1 Å². The highest BCUT2D eigenvalue weighted by Gasteiger charge is 2.44. The van der Waals surface area contributed by atoms with E-state index < -0.39 is 35.4 Å². The summed E-state index contributed by atoms with van der Waals surface area (Å²) in [7, 11) is 0. The van der Waals surface area contributed by atoms with E-state index in [1.807, 2.05) is 0 Å². The molecule has 7 nitrogen and oxygen atoms in total. The summed E-state index contributed by atoms with van der Waals surface area (Å²) in [4.78, 5) is 41.7. The van der Waals surface area contributed by atoms with Gasteiger partial charge in [-0.3, -0.25) is 14.4 Å². The van der Waals surface area contributed by atoms with Crippen molar-refractivity contribution >= 4 is 23.4 Å². The molecule has 0 aliphatic carbocycles. The quantitative estimate of drug-likeness (QED) is 0.539. The van der Waals surface area contributed by atoms with Crippen LogP contribution >= 0.6 is 0 Å². The third-order valence-electron chi connectivity index (χ3n) is 5.71. The van der Waals surface area contributed by atoms with Crippen LogP contribution in [0.3, 0.4) is 0 Å². The van der Waals surface area contributed by atoms with E-state index in [0.717, 1.165) is 23.1 Å². The molecule has 9 heteroatoms. The second kappa shape index (κ2) is 8.58. The molecule has 3 aromatic rings. The Morgan fingerprint density at radius 2 is 1.71 bits per heavy atom.